The highest BCUT2D eigenvalue weighted by molar-refractivity contribution is 5.91. The second-order valence-electron chi connectivity index (χ2n) is 6.56. The van der Waals surface area contributed by atoms with Gasteiger partial charge in [0.2, 0.25) is 0 Å². The van der Waals surface area contributed by atoms with Gasteiger partial charge in [0.15, 0.2) is 0 Å². The van der Waals surface area contributed by atoms with Gasteiger partial charge in [0.05, 0.1) is 18.8 Å². The SMILES string of the molecule is CC1(C2CCC3CCC=C4C(=O)OCC4C32)CO1. The predicted octanol–water partition coefficient (Wildman–Crippen LogP) is 2.31. The van der Waals surface area contributed by atoms with Crippen molar-refractivity contribution >= 4 is 5.97 Å². The number of epoxide rings is 1. The van der Waals surface area contributed by atoms with Crippen molar-refractivity contribution in [2.45, 2.75) is 38.2 Å². The third kappa shape index (κ3) is 1.43. The second-order valence-corrected chi connectivity index (χ2v) is 6.56. The van der Waals surface area contributed by atoms with Gasteiger partial charge in [-0.2, -0.15) is 0 Å². The van der Waals surface area contributed by atoms with Crippen molar-refractivity contribution in [1.82, 2.24) is 0 Å². The molecule has 5 unspecified atom stereocenters. The summed E-state index contributed by atoms with van der Waals surface area (Å²) < 4.78 is 11.0. The lowest BCUT2D eigenvalue weighted by Gasteiger charge is -2.30. The fourth-order valence-electron chi connectivity index (χ4n) is 4.59. The lowest BCUT2D eigenvalue weighted by atomic mass is 9.73. The molecule has 0 spiro atoms. The van der Waals surface area contributed by atoms with Crippen LogP contribution in [0.25, 0.3) is 0 Å². The van der Waals surface area contributed by atoms with Crippen molar-refractivity contribution < 1.29 is 14.3 Å². The normalized spacial score (nSPS) is 50.1. The Kier molecular flexibility index (Phi) is 2.20. The Hall–Kier alpha value is -0.830. The van der Waals surface area contributed by atoms with Crippen LogP contribution >= 0.6 is 0 Å². The first-order chi connectivity index (χ1) is 8.69. The summed E-state index contributed by atoms with van der Waals surface area (Å²) in [6, 6.07) is 0. The minimum absolute atomic E-state index is 0.0619. The van der Waals surface area contributed by atoms with E-state index in [1.54, 1.807) is 0 Å². The average Bonchev–Trinajstić information content (AvgIpc) is 2.86. The molecule has 5 atom stereocenters. The van der Waals surface area contributed by atoms with Crippen LogP contribution in [0.15, 0.2) is 11.6 Å². The van der Waals surface area contributed by atoms with Crippen LogP contribution < -0.4 is 0 Å². The van der Waals surface area contributed by atoms with Crippen LogP contribution in [0.3, 0.4) is 0 Å². The first-order valence-corrected chi connectivity index (χ1v) is 7.20. The molecule has 3 fully saturated rings. The number of carbonyl (C=O) groups is 1. The Bertz CT molecular complexity index is 421. The van der Waals surface area contributed by atoms with Gasteiger partial charge in [0.1, 0.15) is 0 Å². The Balaban J connectivity index is 1.69. The van der Waals surface area contributed by atoms with E-state index in [0.717, 1.165) is 24.5 Å². The van der Waals surface area contributed by atoms with Crippen LogP contribution in [0.5, 0.6) is 0 Å². The molecule has 0 bridgehead atoms. The third-order valence-corrected chi connectivity index (χ3v) is 5.64. The highest BCUT2D eigenvalue weighted by Gasteiger charge is 2.57. The Labute approximate surface area is 108 Å². The molecule has 2 aliphatic heterocycles. The largest absolute Gasteiger partial charge is 0.462 e. The van der Waals surface area contributed by atoms with Gasteiger partial charge in [0, 0.05) is 11.5 Å². The standard InChI is InChI=1S/C15H20O3/c1-15(8-18-15)12-6-5-9-3-2-4-10-11(13(9)12)7-17-14(10)16/h4,9,11-13H,2-3,5-8H2,1H3. The summed E-state index contributed by atoms with van der Waals surface area (Å²) in [5.41, 5.74) is 1.07. The second kappa shape index (κ2) is 3.60. The zero-order valence-corrected chi connectivity index (χ0v) is 10.9. The molecule has 0 aromatic rings. The van der Waals surface area contributed by atoms with Crippen molar-refractivity contribution in [1.29, 1.82) is 0 Å². The number of rotatable bonds is 1. The van der Waals surface area contributed by atoms with Gasteiger partial charge < -0.3 is 9.47 Å². The van der Waals surface area contributed by atoms with Gasteiger partial charge in [-0.3, -0.25) is 0 Å². The Morgan fingerprint density at radius 3 is 2.94 bits per heavy atom. The molecule has 0 amide bonds. The molecule has 98 valence electrons. The topological polar surface area (TPSA) is 38.8 Å². The molecule has 18 heavy (non-hydrogen) atoms. The van der Waals surface area contributed by atoms with E-state index in [-0.39, 0.29) is 11.6 Å². The molecule has 4 rings (SSSR count). The van der Waals surface area contributed by atoms with Gasteiger partial charge in [0.25, 0.3) is 0 Å². The van der Waals surface area contributed by atoms with E-state index in [1.165, 1.54) is 19.3 Å². The molecule has 1 saturated carbocycles. The maximum Gasteiger partial charge on any atom is 0.334 e. The number of ether oxygens (including phenoxy) is 2. The number of hydrogen-bond donors (Lipinski definition) is 0. The highest BCUT2D eigenvalue weighted by Crippen LogP contribution is 2.56. The summed E-state index contributed by atoms with van der Waals surface area (Å²) in [5.74, 6) is 2.29. The van der Waals surface area contributed by atoms with E-state index in [9.17, 15) is 4.79 Å². The van der Waals surface area contributed by atoms with Crippen molar-refractivity contribution in [3.8, 4) is 0 Å². The van der Waals surface area contributed by atoms with Gasteiger partial charge in [-0.1, -0.05) is 6.08 Å². The van der Waals surface area contributed by atoms with Gasteiger partial charge >= 0.3 is 5.97 Å². The molecule has 3 nitrogen and oxygen atoms in total. The predicted molar refractivity (Wildman–Crippen MR) is 65.8 cm³/mol. The zero-order valence-electron chi connectivity index (χ0n) is 10.9. The van der Waals surface area contributed by atoms with Crippen LogP contribution in [0, 0.1) is 23.7 Å². The third-order valence-electron chi connectivity index (χ3n) is 5.64. The van der Waals surface area contributed by atoms with Crippen LogP contribution in [-0.2, 0) is 14.3 Å². The quantitative estimate of drug-likeness (QED) is 0.528. The van der Waals surface area contributed by atoms with E-state index >= 15 is 0 Å². The first-order valence-electron chi connectivity index (χ1n) is 7.20. The van der Waals surface area contributed by atoms with Gasteiger partial charge in [-0.25, -0.2) is 4.79 Å². The number of cyclic esters (lactones) is 1. The molecule has 0 aromatic carbocycles. The summed E-state index contributed by atoms with van der Waals surface area (Å²) in [5, 5.41) is 0. The molecule has 2 heterocycles. The number of esters is 1. The molecule has 0 aromatic heterocycles. The highest BCUT2D eigenvalue weighted by atomic mass is 16.6. The molecule has 3 heteroatoms. The number of carbonyl (C=O) groups excluding carboxylic acids is 1. The maximum absolute atomic E-state index is 11.8. The Morgan fingerprint density at radius 1 is 1.33 bits per heavy atom. The van der Waals surface area contributed by atoms with E-state index in [4.69, 9.17) is 9.47 Å². The summed E-state index contributed by atoms with van der Waals surface area (Å²) in [4.78, 5) is 11.8. The van der Waals surface area contributed by atoms with E-state index < -0.39 is 0 Å². The molecule has 2 saturated heterocycles. The van der Waals surface area contributed by atoms with Crippen molar-refractivity contribution in [2.75, 3.05) is 13.2 Å². The monoisotopic (exact) mass is 248 g/mol. The molecule has 2 aliphatic carbocycles. The van der Waals surface area contributed by atoms with Crippen LogP contribution in [0.2, 0.25) is 0 Å². The van der Waals surface area contributed by atoms with Gasteiger partial charge in [-0.15, -0.1) is 0 Å². The number of fused-ring (bicyclic) bond motifs is 3. The minimum Gasteiger partial charge on any atom is -0.462 e. The first kappa shape index (κ1) is 11.0. The van der Waals surface area contributed by atoms with Crippen molar-refractivity contribution in [3.63, 3.8) is 0 Å². The summed E-state index contributed by atoms with van der Waals surface area (Å²) in [7, 11) is 0. The molecular weight excluding hydrogens is 228 g/mol. The smallest absolute Gasteiger partial charge is 0.334 e. The van der Waals surface area contributed by atoms with E-state index in [1.807, 2.05) is 0 Å². The van der Waals surface area contributed by atoms with Crippen molar-refractivity contribution in [2.24, 2.45) is 23.7 Å². The van der Waals surface area contributed by atoms with Crippen molar-refractivity contribution in [3.05, 3.63) is 11.6 Å². The lowest BCUT2D eigenvalue weighted by molar-refractivity contribution is -0.135. The Morgan fingerprint density at radius 2 is 2.17 bits per heavy atom. The van der Waals surface area contributed by atoms with E-state index in [0.29, 0.717) is 24.4 Å². The fraction of sp³-hybridized carbons (Fsp3) is 0.800. The van der Waals surface area contributed by atoms with Crippen LogP contribution in [0.1, 0.15) is 32.6 Å². The number of allylic oxidation sites excluding steroid dienone is 1. The van der Waals surface area contributed by atoms with Crippen LogP contribution in [-0.4, -0.2) is 24.8 Å². The average molecular weight is 248 g/mol. The molecular formula is C15H20O3. The lowest BCUT2D eigenvalue weighted by Crippen LogP contribution is -2.33. The fourth-order valence-corrected chi connectivity index (χ4v) is 4.59. The minimum atomic E-state index is -0.0619. The molecule has 0 radical (unpaired) electrons. The summed E-state index contributed by atoms with van der Waals surface area (Å²) in [6.45, 7) is 3.76. The number of hydrogen-bond acceptors (Lipinski definition) is 3. The van der Waals surface area contributed by atoms with Crippen LogP contribution in [0.4, 0.5) is 0 Å². The molecule has 4 aliphatic rings. The maximum atomic E-state index is 11.8. The summed E-state index contributed by atoms with van der Waals surface area (Å²) >= 11 is 0. The van der Waals surface area contributed by atoms with E-state index in [2.05, 4.69) is 13.0 Å². The van der Waals surface area contributed by atoms with Gasteiger partial charge in [-0.05, 0) is 50.4 Å². The molecule has 0 N–H and O–H groups in total. The summed E-state index contributed by atoms with van der Waals surface area (Å²) in [6.07, 6.45) is 7.01. The zero-order chi connectivity index (χ0) is 12.3.